The third kappa shape index (κ3) is 3.50. The second kappa shape index (κ2) is 4.27. The van der Waals surface area contributed by atoms with Gasteiger partial charge in [-0.25, -0.2) is 10.0 Å². The van der Waals surface area contributed by atoms with E-state index in [2.05, 4.69) is 34.0 Å². The van der Waals surface area contributed by atoms with Gasteiger partial charge in [0.2, 0.25) is 0 Å². The zero-order valence-corrected chi connectivity index (χ0v) is 8.92. The number of hydrogen-bond acceptors (Lipinski definition) is 0. The Morgan fingerprint density at radius 2 is 1.50 bits per heavy atom. The van der Waals surface area contributed by atoms with Crippen LogP contribution < -0.4 is 0 Å². The minimum absolute atomic E-state index is 0.214. The van der Waals surface area contributed by atoms with Crippen LogP contribution in [0.3, 0.4) is 0 Å². The Kier molecular flexibility index (Phi) is 4.42. The molecule has 1 heteroatoms. The van der Waals surface area contributed by atoms with Gasteiger partial charge in [0.25, 0.3) is 0 Å². The van der Waals surface area contributed by atoms with Gasteiger partial charge < -0.3 is 0 Å². The molecule has 0 saturated carbocycles. The fourth-order valence-electron chi connectivity index (χ4n) is 1.24. The molecule has 0 fully saturated rings. The van der Waals surface area contributed by atoms with E-state index in [0.717, 1.165) is 5.92 Å². The van der Waals surface area contributed by atoms with Crippen molar-refractivity contribution in [1.82, 2.24) is 0 Å². The fourth-order valence-corrected chi connectivity index (χ4v) is 3.73. The molecular weight excluding hydrogens is 140 g/mol. The highest BCUT2D eigenvalue weighted by Crippen LogP contribution is 2.44. The van der Waals surface area contributed by atoms with Crippen molar-refractivity contribution in [3.05, 3.63) is 0 Å². The first-order chi connectivity index (χ1) is 4.54. The highest BCUT2D eigenvalue weighted by Gasteiger charge is 2.14. The van der Waals surface area contributed by atoms with Gasteiger partial charge in [0.05, 0.1) is 0 Å². The van der Waals surface area contributed by atoms with Crippen LogP contribution >= 0.6 is 10.0 Å². The van der Waals surface area contributed by atoms with Crippen molar-refractivity contribution < 1.29 is 0 Å². The highest BCUT2D eigenvalue weighted by atomic mass is 32.3. The summed E-state index contributed by atoms with van der Waals surface area (Å²) in [5.74, 6) is 5.16. The van der Waals surface area contributed by atoms with E-state index in [0.29, 0.717) is 0 Å². The molecule has 0 unspecified atom stereocenters. The molecule has 0 aliphatic rings. The topological polar surface area (TPSA) is 0 Å². The molecule has 0 atom stereocenters. The molecule has 0 rings (SSSR count). The van der Waals surface area contributed by atoms with Crippen LogP contribution in [0.2, 0.25) is 0 Å². The molecule has 0 amide bonds. The Bertz CT molecular complexity index is 82.7. The van der Waals surface area contributed by atoms with E-state index in [1.54, 1.807) is 0 Å². The van der Waals surface area contributed by atoms with Crippen LogP contribution in [-0.4, -0.2) is 23.5 Å². The molecular formula is C9H22S. The SMILES string of the molecule is CCS(C)(CC)CC(C)C. The monoisotopic (exact) mass is 162 g/mol. The lowest BCUT2D eigenvalue weighted by Crippen LogP contribution is -2.12. The Morgan fingerprint density at radius 3 is 1.60 bits per heavy atom. The zero-order valence-electron chi connectivity index (χ0n) is 8.11. The maximum Gasteiger partial charge on any atom is -0.0207 e. The molecule has 0 aromatic carbocycles. The van der Waals surface area contributed by atoms with Crippen molar-refractivity contribution in [3.63, 3.8) is 0 Å². The van der Waals surface area contributed by atoms with Gasteiger partial charge in [-0.15, -0.1) is 0 Å². The van der Waals surface area contributed by atoms with Gasteiger partial charge in [-0.1, -0.05) is 27.7 Å². The zero-order chi connectivity index (χ0) is 8.20. The molecule has 0 nitrogen and oxygen atoms in total. The first-order valence-corrected chi connectivity index (χ1v) is 6.80. The standard InChI is InChI=1S/C9H22S/c1-6-10(5,7-2)8-9(3)4/h9H,6-8H2,1-5H3. The lowest BCUT2D eigenvalue weighted by molar-refractivity contribution is 0.744. The predicted molar refractivity (Wildman–Crippen MR) is 54.3 cm³/mol. The molecule has 0 heterocycles. The molecule has 0 aliphatic heterocycles. The van der Waals surface area contributed by atoms with Gasteiger partial charge in [-0.2, -0.15) is 0 Å². The van der Waals surface area contributed by atoms with E-state index in [4.69, 9.17) is 0 Å². The molecule has 0 aliphatic carbocycles. The molecule has 0 radical (unpaired) electrons. The normalized spacial score (nSPS) is 14.2. The summed E-state index contributed by atoms with van der Waals surface area (Å²) in [6.45, 7) is 9.33. The first kappa shape index (κ1) is 10.3. The van der Waals surface area contributed by atoms with Gasteiger partial charge in [0, 0.05) is 0 Å². The summed E-state index contributed by atoms with van der Waals surface area (Å²) in [6, 6.07) is 0. The fraction of sp³-hybridized carbons (Fsp3) is 1.00. The van der Waals surface area contributed by atoms with Crippen molar-refractivity contribution >= 4 is 10.0 Å². The molecule has 0 aromatic heterocycles. The summed E-state index contributed by atoms with van der Waals surface area (Å²) in [6.07, 6.45) is 2.48. The van der Waals surface area contributed by atoms with Gasteiger partial charge >= 0.3 is 0 Å². The van der Waals surface area contributed by atoms with E-state index in [1.165, 1.54) is 17.3 Å². The summed E-state index contributed by atoms with van der Waals surface area (Å²) < 4.78 is 0. The van der Waals surface area contributed by atoms with Crippen LogP contribution in [0.4, 0.5) is 0 Å². The second-order valence-electron chi connectivity index (χ2n) is 3.62. The van der Waals surface area contributed by atoms with Crippen LogP contribution in [0.25, 0.3) is 0 Å². The average Bonchev–Trinajstić information content (AvgIpc) is 1.87. The molecule has 0 bridgehead atoms. The van der Waals surface area contributed by atoms with Crippen LogP contribution in [0.15, 0.2) is 0 Å². The lowest BCUT2D eigenvalue weighted by atomic mass is 10.3. The first-order valence-electron chi connectivity index (χ1n) is 4.25. The quantitative estimate of drug-likeness (QED) is 0.596. The van der Waals surface area contributed by atoms with Gasteiger partial charge in [-0.05, 0) is 29.4 Å². The second-order valence-corrected chi connectivity index (χ2v) is 8.06. The predicted octanol–water partition coefficient (Wildman–Crippen LogP) is 3.12. The van der Waals surface area contributed by atoms with Crippen LogP contribution in [-0.2, 0) is 0 Å². The van der Waals surface area contributed by atoms with Crippen LogP contribution in [0.5, 0.6) is 0 Å². The van der Waals surface area contributed by atoms with E-state index in [9.17, 15) is 0 Å². The Labute approximate surface area is 67.7 Å². The minimum Gasteiger partial charge on any atom is -0.244 e. The minimum atomic E-state index is -0.214. The molecule has 64 valence electrons. The van der Waals surface area contributed by atoms with Crippen molar-refractivity contribution in [2.24, 2.45) is 5.92 Å². The lowest BCUT2D eigenvalue weighted by Gasteiger charge is -2.35. The van der Waals surface area contributed by atoms with Crippen molar-refractivity contribution in [2.75, 3.05) is 23.5 Å². The van der Waals surface area contributed by atoms with E-state index >= 15 is 0 Å². The molecule has 0 aromatic rings. The van der Waals surface area contributed by atoms with Crippen LogP contribution in [0, 0.1) is 5.92 Å². The number of hydrogen-bond donors (Lipinski definition) is 0. The van der Waals surface area contributed by atoms with Gasteiger partial charge in [0.1, 0.15) is 0 Å². The van der Waals surface area contributed by atoms with Crippen molar-refractivity contribution in [1.29, 1.82) is 0 Å². The Morgan fingerprint density at radius 1 is 1.10 bits per heavy atom. The van der Waals surface area contributed by atoms with E-state index < -0.39 is 0 Å². The van der Waals surface area contributed by atoms with E-state index in [-0.39, 0.29) is 10.0 Å². The third-order valence-corrected chi connectivity index (χ3v) is 6.39. The summed E-state index contributed by atoms with van der Waals surface area (Å²) in [5, 5.41) is 0. The maximum absolute atomic E-state index is 2.48. The van der Waals surface area contributed by atoms with E-state index in [1.807, 2.05) is 0 Å². The Hall–Kier alpha value is 0.350. The largest absolute Gasteiger partial charge is 0.244 e. The van der Waals surface area contributed by atoms with Crippen molar-refractivity contribution in [2.45, 2.75) is 27.7 Å². The summed E-state index contributed by atoms with van der Waals surface area (Å²) in [4.78, 5) is 0. The molecule has 0 N–H and O–H groups in total. The van der Waals surface area contributed by atoms with Crippen molar-refractivity contribution in [3.8, 4) is 0 Å². The highest BCUT2D eigenvalue weighted by molar-refractivity contribution is 8.33. The molecule has 0 spiro atoms. The average molecular weight is 162 g/mol. The smallest absolute Gasteiger partial charge is 0.0207 e. The number of rotatable bonds is 4. The maximum atomic E-state index is 2.48. The van der Waals surface area contributed by atoms with Gasteiger partial charge in [0.15, 0.2) is 0 Å². The van der Waals surface area contributed by atoms with Crippen LogP contribution in [0.1, 0.15) is 27.7 Å². The third-order valence-electron chi connectivity index (χ3n) is 2.13. The summed E-state index contributed by atoms with van der Waals surface area (Å²) >= 11 is 0. The summed E-state index contributed by atoms with van der Waals surface area (Å²) in [5.41, 5.74) is 0. The Balaban J connectivity index is 3.80. The molecule has 10 heavy (non-hydrogen) atoms. The summed E-state index contributed by atoms with van der Waals surface area (Å²) in [7, 11) is -0.214. The van der Waals surface area contributed by atoms with Gasteiger partial charge in [-0.3, -0.25) is 0 Å². The molecule has 0 saturated heterocycles.